The van der Waals surface area contributed by atoms with E-state index in [-0.39, 0.29) is 29.8 Å². The van der Waals surface area contributed by atoms with Crippen LogP contribution >= 0.6 is 0 Å². The van der Waals surface area contributed by atoms with Crippen LogP contribution < -0.4 is 10.1 Å². The zero-order valence-corrected chi connectivity index (χ0v) is 15.0. The molecule has 0 radical (unpaired) electrons. The molecule has 2 amide bonds. The van der Waals surface area contributed by atoms with Crippen molar-refractivity contribution in [3.05, 3.63) is 23.9 Å². The highest BCUT2D eigenvalue weighted by Crippen LogP contribution is 2.32. The van der Waals surface area contributed by atoms with E-state index in [9.17, 15) is 9.59 Å². The van der Waals surface area contributed by atoms with Gasteiger partial charge in [0.15, 0.2) is 0 Å². The normalized spacial score (nSPS) is 20.4. The number of aromatic nitrogens is 1. The summed E-state index contributed by atoms with van der Waals surface area (Å²) in [5.74, 6) is 0.970. The minimum Gasteiger partial charge on any atom is -0.475 e. The SMILES string of the molecule is CC(C)Oc1ccc(CNC(=O)C2CCCN(C(=O)C3CC3)C2)cn1. The van der Waals surface area contributed by atoms with Gasteiger partial charge in [-0.05, 0) is 45.1 Å². The Morgan fingerprint density at radius 3 is 2.72 bits per heavy atom. The van der Waals surface area contributed by atoms with Crippen molar-refractivity contribution >= 4 is 11.8 Å². The summed E-state index contributed by atoms with van der Waals surface area (Å²) in [7, 11) is 0. The Hall–Kier alpha value is -2.11. The van der Waals surface area contributed by atoms with Crippen molar-refractivity contribution in [2.45, 2.75) is 52.2 Å². The predicted octanol–water partition coefficient (Wildman–Crippen LogP) is 2.13. The zero-order valence-electron chi connectivity index (χ0n) is 15.0. The second-order valence-corrected chi connectivity index (χ2v) is 7.29. The number of ether oxygens (including phenoxy) is 1. The van der Waals surface area contributed by atoms with E-state index in [2.05, 4.69) is 10.3 Å². The third-order valence-electron chi connectivity index (χ3n) is 4.65. The second-order valence-electron chi connectivity index (χ2n) is 7.29. The Labute approximate surface area is 148 Å². The molecule has 0 bridgehead atoms. The minimum absolute atomic E-state index is 0.0239. The first kappa shape index (κ1) is 17.7. The summed E-state index contributed by atoms with van der Waals surface area (Å²) < 4.78 is 5.51. The minimum atomic E-state index is -0.104. The van der Waals surface area contributed by atoms with Gasteiger partial charge in [-0.1, -0.05) is 6.07 Å². The lowest BCUT2D eigenvalue weighted by Crippen LogP contribution is -2.45. The Kier molecular flexibility index (Phi) is 5.56. The molecule has 25 heavy (non-hydrogen) atoms. The molecule has 6 nitrogen and oxygen atoms in total. The summed E-state index contributed by atoms with van der Waals surface area (Å²) in [6.45, 7) is 5.70. The maximum Gasteiger partial charge on any atom is 0.225 e. The molecule has 1 unspecified atom stereocenters. The standard InChI is InChI=1S/C19H27N3O3/c1-13(2)25-17-8-5-14(10-20-17)11-21-18(23)16-4-3-9-22(12-16)19(24)15-6-7-15/h5,8,10,13,15-16H,3-4,6-7,9,11-12H2,1-2H3,(H,21,23). The predicted molar refractivity (Wildman–Crippen MR) is 93.9 cm³/mol. The van der Waals surface area contributed by atoms with E-state index in [0.29, 0.717) is 19.0 Å². The first-order valence-corrected chi connectivity index (χ1v) is 9.21. The van der Waals surface area contributed by atoms with Crippen molar-refractivity contribution in [1.29, 1.82) is 0 Å². The number of hydrogen-bond acceptors (Lipinski definition) is 4. The number of piperidine rings is 1. The molecule has 1 saturated carbocycles. The average Bonchev–Trinajstić information content (AvgIpc) is 3.45. The highest BCUT2D eigenvalue weighted by Gasteiger charge is 2.36. The van der Waals surface area contributed by atoms with Gasteiger partial charge in [-0.3, -0.25) is 9.59 Å². The fraction of sp³-hybridized carbons (Fsp3) is 0.632. The number of nitrogens with one attached hydrogen (secondary N) is 1. The molecule has 136 valence electrons. The van der Waals surface area contributed by atoms with E-state index in [1.807, 2.05) is 30.9 Å². The topological polar surface area (TPSA) is 71.5 Å². The molecule has 2 aliphatic rings. The fourth-order valence-corrected chi connectivity index (χ4v) is 3.14. The average molecular weight is 345 g/mol. The second kappa shape index (κ2) is 7.85. The molecular formula is C19H27N3O3. The van der Waals surface area contributed by atoms with E-state index < -0.39 is 0 Å². The maximum absolute atomic E-state index is 12.4. The third-order valence-corrected chi connectivity index (χ3v) is 4.65. The summed E-state index contributed by atoms with van der Waals surface area (Å²) in [6.07, 6.45) is 5.58. The van der Waals surface area contributed by atoms with Gasteiger partial charge in [0.2, 0.25) is 17.7 Å². The van der Waals surface area contributed by atoms with Crippen LogP contribution in [0.3, 0.4) is 0 Å². The highest BCUT2D eigenvalue weighted by molar-refractivity contribution is 5.83. The van der Waals surface area contributed by atoms with Gasteiger partial charge >= 0.3 is 0 Å². The molecule has 2 fully saturated rings. The fourth-order valence-electron chi connectivity index (χ4n) is 3.14. The van der Waals surface area contributed by atoms with Crippen LogP contribution in [0.15, 0.2) is 18.3 Å². The molecule has 0 spiro atoms. The first-order valence-electron chi connectivity index (χ1n) is 9.21. The summed E-state index contributed by atoms with van der Waals surface area (Å²) in [5.41, 5.74) is 0.936. The number of amides is 2. The first-order chi connectivity index (χ1) is 12.0. The van der Waals surface area contributed by atoms with E-state index in [1.165, 1.54) is 0 Å². The molecule has 2 heterocycles. The van der Waals surface area contributed by atoms with Gasteiger partial charge in [-0.25, -0.2) is 4.98 Å². The molecule has 1 aromatic heterocycles. The van der Waals surface area contributed by atoms with Gasteiger partial charge in [0.1, 0.15) is 0 Å². The smallest absolute Gasteiger partial charge is 0.225 e. The van der Waals surface area contributed by atoms with Crippen molar-refractivity contribution in [3.63, 3.8) is 0 Å². The lowest BCUT2D eigenvalue weighted by Gasteiger charge is -2.32. The quantitative estimate of drug-likeness (QED) is 0.857. The molecule has 1 atom stereocenters. The number of nitrogens with zero attached hydrogens (tertiary/aromatic N) is 2. The highest BCUT2D eigenvalue weighted by atomic mass is 16.5. The summed E-state index contributed by atoms with van der Waals surface area (Å²) in [4.78, 5) is 30.8. The maximum atomic E-state index is 12.4. The largest absolute Gasteiger partial charge is 0.475 e. The van der Waals surface area contributed by atoms with Crippen LogP contribution in [-0.2, 0) is 16.1 Å². The molecule has 1 aliphatic carbocycles. The number of carbonyl (C=O) groups excluding carboxylic acids is 2. The Morgan fingerprint density at radius 2 is 2.08 bits per heavy atom. The zero-order chi connectivity index (χ0) is 17.8. The molecule has 1 saturated heterocycles. The van der Waals surface area contributed by atoms with Crippen LogP contribution in [0.2, 0.25) is 0 Å². The molecule has 6 heteroatoms. The van der Waals surface area contributed by atoms with Crippen LogP contribution in [-0.4, -0.2) is 40.9 Å². The van der Waals surface area contributed by atoms with Crippen molar-refractivity contribution in [2.24, 2.45) is 11.8 Å². The van der Waals surface area contributed by atoms with Crippen molar-refractivity contribution in [3.8, 4) is 5.88 Å². The van der Waals surface area contributed by atoms with Gasteiger partial charge in [0.05, 0.1) is 12.0 Å². The third kappa shape index (κ3) is 4.94. The monoisotopic (exact) mass is 345 g/mol. The van der Waals surface area contributed by atoms with Crippen LogP contribution in [0, 0.1) is 11.8 Å². The van der Waals surface area contributed by atoms with E-state index >= 15 is 0 Å². The lowest BCUT2D eigenvalue weighted by molar-refractivity contribution is -0.136. The van der Waals surface area contributed by atoms with Crippen LogP contribution in [0.4, 0.5) is 0 Å². The van der Waals surface area contributed by atoms with E-state index in [4.69, 9.17) is 4.74 Å². The molecule has 1 N–H and O–H groups in total. The Balaban J connectivity index is 1.47. The van der Waals surface area contributed by atoms with Gasteiger partial charge < -0.3 is 15.0 Å². The van der Waals surface area contributed by atoms with Crippen LogP contribution in [0.25, 0.3) is 0 Å². The number of likely N-dealkylation sites (tertiary alicyclic amines) is 1. The van der Waals surface area contributed by atoms with Crippen molar-refractivity contribution < 1.29 is 14.3 Å². The van der Waals surface area contributed by atoms with Gasteiger partial charge in [0.25, 0.3) is 0 Å². The number of hydrogen-bond donors (Lipinski definition) is 1. The molecule has 0 aromatic carbocycles. The van der Waals surface area contributed by atoms with Crippen LogP contribution in [0.1, 0.15) is 45.1 Å². The van der Waals surface area contributed by atoms with Gasteiger partial charge in [-0.2, -0.15) is 0 Å². The van der Waals surface area contributed by atoms with Crippen LogP contribution in [0.5, 0.6) is 5.88 Å². The Bertz CT molecular complexity index is 611. The molecule has 3 rings (SSSR count). The van der Waals surface area contributed by atoms with Gasteiger partial charge in [-0.15, -0.1) is 0 Å². The van der Waals surface area contributed by atoms with Gasteiger partial charge in [0, 0.05) is 37.8 Å². The lowest BCUT2D eigenvalue weighted by atomic mass is 9.96. The number of rotatable bonds is 6. The molecule has 1 aromatic rings. The summed E-state index contributed by atoms with van der Waals surface area (Å²) in [5, 5.41) is 2.98. The summed E-state index contributed by atoms with van der Waals surface area (Å²) >= 11 is 0. The molecule has 1 aliphatic heterocycles. The molecular weight excluding hydrogens is 318 g/mol. The van der Waals surface area contributed by atoms with E-state index in [0.717, 1.165) is 37.8 Å². The number of carbonyl (C=O) groups is 2. The van der Waals surface area contributed by atoms with Crippen molar-refractivity contribution in [1.82, 2.24) is 15.2 Å². The number of pyridine rings is 1. The summed E-state index contributed by atoms with van der Waals surface area (Å²) in [6, 6.07) is 3.73. The van der Waals surface area contributed by atoms with Crippen molar-refractivity contribution in [2.75, 3.05) is 13.1 Å². The van der Waals surface area contributed by atoms with E-state index in [1.54, 1.807) is 6.20 Å². The Morgan fingerprint density at radius 1 is 1.28 bits per heavy atom.